The minimum absolute atomic E-state index is 0. The predicted molar refractivity (Wildman–Crippen MR) is 115 cm³/mol. The first kappa shape index (κ1) is 20.6. The lowest BCUT2D eigenvalue weighted by Gasteiger charge is -2.28. The number of amides is 1. The number of carbonyl (C=O) groups excluding carboxylic acids is 1. The number of imidazole rings is 1. The van der Waals surface area contributed by atoms with Gasteiger partial charge in [-0.25, -0.2) is 4.98 Å². The third-order valence-electron chi connectivity index (χ3n) is 5.94. The number of aromatic nitrogens is 2. The molecule has 0 bridgehead atoms. The first-order valence-electron chi connectivity index (χ1n) is 9.20. The van der Waals surface area contributed by atoms with E-state index < -0.39 is 0 Å². The van der Waals surface area contributed by atoms with Gasteiger partial charge in [0, 0.05) is 38.2 Å². The fourth-order valence-corrected chi connectivity index (χ4v) is 4.64. The second kappa shape index (κ2) is 8.11. The Morgan fingerprint density at radius 1 is 1.11 bits per heavy atom. The van der Waals surface area contributed by atoms with E-state index in [-0.39, 0.29) is 36.8 Å². The molecule has 28 heavy (non-hydrogen) atoms. The van der Waals surface area contributed by atoms with Crippen molar-refractivity contribution in [3.05, 3.63) is 66.0 Å². The van der Waals surface area contributed by atoms with Gasteiger partial charge in [-0.05, 0) is 29.7 Å². The maximum atomic E-state index is 13.4. The molecule has 1 N–H and O–H groups in total. The van der Waals surface area contributed by atoms with Gasteiger partial charge >= 0.3 is 0 Å². The number of halogens is 2. The smallest absolute Gasteiger partial charge is 0.254 e. The van der Waals surface area contributed by atoms with Crippen molar-refractivity contribution in [3.63, 3.8) is 0 Å². The van der Waals surface area contributed by atoms with Gasteiger partial charge in [-0.2, -0.15) is 0 Å². The quantitative estimate of drug-likeness (QED) is 0.693. The second-order valence-corrected chi connectivity index (χ2v) is 7.45. The summed E-state index contributed by atoms with van der Waals surface area (Å²) >= 11 is 0. The number of rotatable bonds is 2. The molecule has 2 aliphatic rings. The van der Waals surface area contributed by atoms with Crippen LogP contribution in [0.5, 0.6) is 0 Å². The Kier molecular flexibility index (Phi) is 5.98. The third-order valence-corrected chi connectivity index (χ3v) is 5.94. The van der Waals surface area contributed by atoms with Crippen molar-refractivity contribution in [2.75, 3.05) is 19.6 Å². The lowest BCUT2D eigenvalue weighted by Crippen LogP contribution is -2.34. The Bertz CT molecular complexity index is 975. The van der Waals surface area contributed by atoms with E-state index in [0.717, 1.165) is 36.2 Å². The van der Waals surface area contributed by atoms with Crippen molar-refractivity contribution in [1.29, 1.82) is 0 Å². The van der Waals surface area contributed by atoms with E-state index in [1.54, 1.807) is 6.33 Å². The Morgan fingerprint density at radius 2 is 1.89 bits per heavy atom. The Morgan fingerprint density at radius 3 is 2.68 bits per heavy atom. The molecule has 0 unspecified atom stereocenters. The normalized spacial score (nSPS) is 23.2. The van der Waals surface area contributed by atoms with Gasteiger partial charge in [-0.3, -0.25) is 4.79 Å². The van der Waals surface area contributed by atoms with Crippen molar-refractivity contribution >= 4 is 41.8 Å². The maximum absolute atomic E-state index is 13.4. The topological polar surface area (TPSA) is 50.2 Å². The average molecular weight is 419 g/mol. The van der Waals surface area contributed by atoms with Crippen LogP contribution in [-0.2, 0) is 7.05 Å². The highest BCUT2D eigenvalue weighted by molar-refractivity contribution is 5.97. The minimum atomic E-state index is 0. The molecule has 0 spiro atoms. The van der Waals surface area contributed by atoms with Gasteiger partial charge in [0.1, 0.15) is 0 Å². The van der Waals surface area contributed by atoms with Crippen molar-refractivity contribution in [2.24, 2.45) is 18.9 Å². The predicted octanol–water partition coefficient (Wildman–Crippen LogP) is 3.45. The molecule has 3 atom stereocenters. The maximum Gasteiger partial charge on any atom is 0.254 e. The zero-order valence-electron chi connectivity index (χ0n) is 15.6. The molecule has 1 aromatic heterocycles. The van der Waals surface area contributed by atoms with Gasteiger partial charge in [0.15, 0.2) is 0 Å². The lowest BCUT2D eigenvalue weighted by atomic mass is 9.89. The van der Waals surface area contributed by atoms with Crippen LogP contribution in [0, 0.1) is 11.8 Å². The highest BCUT2D eigenvalue weighted by atomic mass is 35.5. The molecular formula is C21H24Cl2N4O. The van der Waals surface area contributed by atoms with Crippen LogP contribution in [0.4, 0.5) is 0 Å². The number of nitrogens with one attached hydrogen (secondary N) is 1. The molecule has 5 nitrogen and oxygen atoms in total. The second-order valence-electron chi connectivity index (χ2n) is 7.45. The summed E-state index contributed by atoms with van der Waals surface area (Å²) in [6.45, 7) is 2.79. The van der Waals surface area contributed by atoms with E-state index in [9.17, 15) is 4.79 Å². The van der Waals surface area contributed by atoms with E-state index >= 15 is 0 Å². The van der Waals surface area contributed by atoms with Gasteiger partial charge in [-0.15, -0.1) is 24.8 Å². The van der Waals surface area contributed by atoms with Crippen LogP contribution in [0.2, 0.25) is 0 Å². The van der Waals surface area contributed by atoms with Crippen LogP contribution >= 0.6 is 24.8 Å². The highest BCUT2D eigenvalue weighted by Gasteiger charge is 2.46. The number of fused-ring (bicyclic) bond motifs is 2. The van der Waals surface area contributed by atoms with E-state index in [0.29, 0.717) is 11.8 Å². The van der Waals surface area contributed by atoms with Crippen LogP contribution in [0.3, 0.4) is 0 Å². The third kappa shape index (κ3) is 3.28. The summed E-state index contributed by atoms with van der Waals surface area (Å²) in [5.41, 5.74) is 3.88. The van der Waals surface area contributed by atoms with Gasteiger partial charge < -0.3 is 14.8 Å². The molecule has 3 aromatic rings. The summed E-state index contributed by atoms with van der Waals surface area (Å²) in [7, 11) is 1.97. The van der Waals surface area contributed by atoms with Crippen LogP contribution < -0.4 is 5.32 Å². The number of aryl methyl sites for hydroxylation is 1. The summed E-state index contributed by atoms with van der Waals surface area (Å²) in [4.78, 5) is 19.9. The summed E-state index contributed by atoms with van der Waals surface area (Å²) in [6.07, 6.45) is 1.79. The molecule has 2 fully saturated rings. The molecular weight excluding hydrogens is 395 g/mol. The van der Waals surface area contributed by atoms with Crippen molar-refractivity contribution in [1.82, 2.24) is 19.8 Å². The van der Waals surface area contributed by atoms with Gasteiger partial charge in [0.05, 0.1) is 23.4 Å². The summed E-state index contributed by atoms with van der Waals surface area (Å²) in [6, 6.07) is 16.4. The Hall–Kier alpha value is -2.08. The first-order chi connectivity index (χ1) is 12.7. The van der Waals surface area contributed by atoms with Crippen LogP contribution in [-0.4, -0.2) is 40.0 Å². The monoisotopic (exact) mass is 418 g/mol. The standard InChI is InChI=1S/C21H22N4O.2ClH/c1-24-13-23-18-9-15(7-8-19(18)24)21(26)25-12-16-10-22-11-17(16)20(25)14-5-3-2-4-6-14;;/h2-9,13,16-17,20,22H,10-12H2,1H3;2*1H/t16-,17-,20-;;/m0../s1. The number of carbonyl (C=O) groups is 1. The molecule has 3 heterocycles. The van der Waals surface area contributed by atoms with Crippen LogP contribution in [0.15, 0.2) is 54.9 Å². The van der Waals surface area contributed by atoms with Crippen LogP contribution in [0.1, 0.15) is 22.0 Å². The number of likely N-dealkylation sites (tertiary alicyclic amines) is 1. The van der Waals surface area contributed by atoms with Crippen LogP contribution in [0.25, 0.3) is 11.0 Å². The summed E-state index contributed by atoms with van der Waals surface area (Å²) < 4.78 is 1.97. The van der Waals surface area contributed by atoms with Crippen molar-refractivity contribution < 1.29 is 4.79 Å². The summed E-state index contributed by atoms with van der Waals surface area (Å²) in [5.74, 6) is 1.13. The molecule has 2 saturated heterocycles. The molecule has 0 radical (unpaired) electrons. The van der Waals surface area contributed by atoms with E-state index in [4.69, 9.17) is 0 Å². The largest absolute Gasteiger partial charge is 0.334 e. The Balaban J connectivity index is 0.00000112. The Labute approximate surface area is 176 Å². The number of benzene rings is 2. The van der Waals surface area contributed by atoms with Crippen molar-refractivity contribution in [2.45, 2.75) is 6.04 Å². The SMILES string of the molecule is Cl.Cl.Cn1cnc2cc(C(=O)N3C[C@@H]4CNC[C@@H]4[C@@H]3c3ccccc3)ccc21. The zero-order chi connectivity index (χ0) is 17.7. The fraction of sp³-hybridized carbons (Fsp3) is 0.333. The molecule has 0 aliphatic carbocycles. The van der Waals surface area contributed by atoms with E-state index in [1.165, 1.54) is 5.56 Å². The minimum Gasteiger partial charge on any atom is -0.334 e. The van der Waals surface area contributed by atoms with Crippen molar-refractivity contribution in [3.8, 4) is 0 Å². The van der Waals surface area contributed by atoms with Gasteiger partial charge in [0.25, 0.3) is 5.91 Å². The van der Waals surface area contributed by atoms with Gasteiger partial charge in [-0.1, -0.05) is 30.3 Å². The highest BCUT2D eigenvalue weighted by Crippen LogP contribution is 2.43. The van der Waals surface area contributed by atoms with E-state index in [1.807, 2.05) is 35.9 Å². The van der Waals surface area contributed by atoms with E-state index in [2.05, 4.69) is 39.5 Å². The molecule has 1 amide bonds. The molecule has 5 rings (SSSR count). The number of nitrogens with zero attached hydrogens (tertiary/aromatic N) is 3. The molecule has 7 heteroatoms. The zero-order valence-corrected chi connectivity index (χ0v) is 17.2. The number of hydrogen-bond acceptors (Lipinski definition) is 3. The molecule has 2 aliphatic heterocycles. The number of hydrogen-bond donors (Lipinski definition) is 1. The molecule has 2 aromatic carbocycles. The lowest BCUT2D eigenvalue weighted by molar-refractivity contribution is 0.0714. The molecule has 0 saturated carbocycles. The molecule has 148 valence electrons. The first-order valence-corrected chi connectivity index (χ1v) is 9.20. The fourth-order valence-electron chi connectivity index (χ4n) is 4.64. The van der Waals surface area contributed by atoms with Gasteiger partial charge in [0.2, 0.25) is 0 Å². The summed E-state index contributed by atoms with van der Waals surface area (Å²) in [5, 5.41) is 3.50. The average Bonchev–Trinajstić information content (AvgIpc) is 3.36.